The molecule has 0 aromatic rings. The van der Waals surface area contributed by atoms with Crippen molar-refractivity contribution in [3.8, 4) is 0 Å². The summed E-state index contributed by atoms with van der Waals surface area (Å²) in [6, 6.07) is 0. The Morgan fingerprint density at radius 2 is 2.00 bits per heavy atom. The molecule has 0 saturated carbocycles. The summed E-state index contributed by atoms with van der Waals surface area (Å²) in [7, 11) is 0. The van der Waals surface area contributed by atoms with E-state index in [1.54, 1.807) is 0 Å². The van der Waals surface area contributed by atoms with E-state index in [9.17, 15) is 4.79 Å². The highest BCUT2D eigenvalue weighted by Gasteiger charge is 2.19. The summed E-state index contributed by atoms with van der Waals surface area (Å²) in [5, 5.41) is 0. The highest BCUT2D eigenvalue weighted by atomic mass is 16.6. The van der Waals surface area contributed by atoms with Crippen molar-refractivity contribution in [3.05, 3.63) is 0 Å². The van der Waals surface area contributed by atoms with Crippen LogP contribution in [0.3, 0.4) is 0 Å². The van der Waals surface area contributed by atoms with Crippen molar-refractivity contribution in [1.82, 2.24) is 0 Å². The number of nitrogens with two attached hydrogens (primary N) is 1. The van der Waals surface area contributed by atoms with Crippen LogP contribution in [0.2, 0.25) is 0 Å². The monoisotopic (exact) mass is 201 g/mol. The second-order valence-corrected chi connectivity index (χ2v) is 4.68. The van der Waals surface area contributed by atoms with Gasteiger partial charge in [-0.05, 0) is 39.7 Å². The van der Waals surface area contributed by atoms with Gasteiger partial charge in [-0.1, -0.05) is 13.3 Å². The van der Waals surface area contributed by atoms with Crippen LogP contribution in [0.25, 0.3) is 0 Å². The molecule has 3 heteroatoms. The molecular formula is C11H23NO2. The summed E-state index contributed by atoms with van der Waals surface area (Å²) in [5.41, 5.74) is 5.18. The zero-order valence-corrected chi connectivity index (χ0v) is 9.80. The number of carbonyl (C=O) groups excluding carboxylic acids is 1. The maximum absolute atomic E-state index is 11.4. The quantitative estimate of drug-likeness (QED) is 0.693. The SMILES string of the molecule is CCCC(CN)CC(=O)OC(C)(C)C. The van der Waals surface area contributed by atoms with Crippen molar-refractivity contribution in [2.75, 3.05) is 6.54 Å². The van der Waals surface area contributed by atoms with E-state index in [1.807, 2.05) is 20.8 Å². The lowest BCUT2D eigenvalue weighted by atomic mass is 10.0. The second kappa shape index (κ2) is 6.02. The van der Waals surface area contributed by atoms with E-state index in [0.29, 0.717) is 13.0 Å². The fourth-order valence-electron chi connectivity index (χ4n) is 1.33. The summed E-state index contributed by atoms with van der Waals surface area (Å²) in [4.78, 5) is 11.4. The predicted octanol–water partition coefficient (Wildman–Crippen LogP) is 2.09. The van der Waals surface area contributed by atoms with Crippen LogP contribution < -0.4 is 5.73 Å². The van der Waals surface area contributed by atoms with Crippen molar-refractivity contribution in [2.45, 2.75) is 52.6 Å². The minimum absolute atomic E-state index is 0.138. The summed E-state index contributed by atoms with van der Waals surface area (Å²) in [6.45, 7) is 8.29. The molecule has 14 heavy (non-hydrogen) atoms. The molecule has 3 nitrogen and oxygen atoms in total. The first-order valence-corrected chi connectivity index (χ1v) is 5.31. The molecule has 0 aromatic heterocycles. The van der Waals surface area contributed by atoms with Gasteiger partial charge in [0.2, 0.25) is 0 Å². The number of carbonyl (C=O) groups is 1. The Morgan fingerprint density at radius 3 is 2.36 bits per heavy atom. The van der Waals surface area contributed by atoms with E-state index >= 15 is 0 Å². The van der Waals surface area contributed by atoms with Crippen LogP contribution in [0.1, 0.15) is 47.0 Å². The Hall–Kier alpha value is -0.570. The van der Waals surface area contributed by atoms with Crippen molar-refractivity contribution in [2.24, 2.45) is 11.7 Å². The van der Waals surface area contributed by atoms with Crippen molar-refractivity contribution >= 4 is 5.97 Å². The first-order valence-electron chi connectivity index (χ1n) is 5.31. The van der Waals surface area contributed by atoms with Crippen molar-refractivity contribution in [3.63, 3.8) is 0 Å². The third kappa shape index (κ3) is 6.89. The number of hydrogen-bond acceptors (Lipinski definition) is 3. The van der Waals surface area contributed by atoms with E-state index in [2.05, 4.69) is 6.92 Å². The number of hydrogen-bond donors (Lipinski definition) is 1. The van der Waals surface area contributed by atoms with Gasteiger partial charge in [-0.25, -0.2) is 0 Å². The molecule has 0 spiro atoms. The van der Waals surface area contributed by atoms with Crippen LogP contribution in [-0.4, -0.2) is 18.1 Å². The van der Waals surface area contributed by atoms with E-state index < -0.39 is 0 Å². The predicted molar refractivity (Wildman–Crippen MR) is 57.9 cm³/mol. The zero-order chi connectivity index (χ0) is 11.2. The van der Waals surface area contributed by atoms with Gasteiger partial charge in [0, 0.05) is 6.42 Å². The molecule has 0 aliphatic carbocycles. The van der Waals surface area contributed by atoms with E-state index in [0.717, 1.165) is 12.8 Å². The van der Waals surface area contributed by atoms with Crippen molar-refractivity contribution < 1.29 is 9.53 Å². The molecule has 0 heterocycles. The molecule has 0 fully saturated rings. The highest BCUT2D eigenvalue weighted by molar-refractivity contribution is 5.70. The summed E-state index contributed by atoms with van der Waals surface area (Å²) in [5.74, 6) is 0.135. The van der Waals surface area contributed by atoms with E-state index in [4.69, 9.17) is 10.5 Å². The van der Waals surface area contributed by atoms with Gasteiger partial charge in [-0.15, -0.1) is 0 Å². The van der Waals surface area contributed by atoms with Crippen LogP contribution in [0.15, 0.2) is 0 Å². The first-order chi connectivity index (χ1) is 6.39. The van der Waals surface area contributed by atoms with E-state index in [1.165, 1.54) is 0 Å². The molecule has 2 N–H and O–H groups in total. The topological polar surface area (TPSA) is 52.3 Å². The molecule has 0 rings (SSSR count). The third-order valence-corrected chi connectivity index (χ3v) is 1.91. The molecule has 0 amide bonds. The first kappa shape index (κ1) is 13.4. The van der Waals surface area contributed by atoms with Crippen LogP contribution in [-0.2, 0) is 9.53 Å². The Morgan fingerprint density at radius 1 is 1.43 bits per heavy atom. The van der Waals surface area contributed by atoms with Gasteiger partial charge in [-0.3, -0.25) is 4.79 Å². The van der Waals surface area contributed by atoms with E-state index in [-0.39, 0.29) is 17.5 Å². The number of rotatable bonds is 5. The fourth-order valence-corrected chi connectivity index (χ4v) is 1.33. The summed E-state index contributed by atoms with van der Waals surface area (Å²) < 4.78 is 5.22. The molecule has 0 aliphatic rings. The minimum Gasteiger partial charge on any atom is -0.460 e. The average Bonchev–Trinajstić information content (AvgIpc) is 2.00. The van der Waals surface area contributed by atoms with Crippen LogP contribution >= 0.6 is 0 Å². The Kier molecular flexibility index (Phi) is 5.77. The maximum Gasteiger partial charge on any atom is 0.306 e. The highest BCUT2D eigenvalue weighted by Crippen LogP contribution is 2.14. The van der Waals surface area contributed by atoms with Crippen LogP contribution in [0.5, 0.6) is 0 Å². The van der Waals surface area contributed by atoms with Crippen LogP contribution in [0.4, 0.5) is 0 Å². The van der Waals surface area contributed by atoms with Gasteiger partial charge in [-0.2, -0.15) is 0 Å². The average molecular weight is 201 g/mol. The summed E-state index contributed by atoms with van der Waals surface area (Å²) in [6.07, 6.45) is 2.50. The van der Waals surface area contributed by atoms with Crippen LogP contribution in [0, 0.1) is 5.92 Å². The largest absolute Gasteiger partial charge is 0.460 e. The molecule has 0 aliphatic heterocycles. The standard InChI is InChI=1S/C11H23NO2/c1-5-6-9(8-12)7-10(13)14-11(2,3)4/h9H,5-8,12H2,1-4H3. The Bertz CT molecular complexity index is 173. The molecule has 0 radical (unpaired) electrons. The molecular weight excluding hydrogens is 178 g/mol. The Labute approximate surface area is 87.0 Å². The molecule has 0 bridgehead atoms. The number of esters is 1. The lowest BCUT2D eigenvalue weighted by Crippen LogP contribution is -2.27. The maximum atomic E-state index is 11.4. The fraction of sp³-hybridized carbons (Fsp3) is 0.909. The second-order valence-electron chi connectivity index (χ2n) is 4.68. The lowest BCUT2D eigenvalue weighted by Gasteiger charge is -2.21. The van der Waals surface area contributed by atoms with Gasteiger partial charge in [0.05, 0.1) is 0 Å². The normalized spacial score (nSPS) is 13.8. The van der Waals surface area contributed by atoms with Gasteiger partial charge in [0.15, 0.2) is 0 Å². The third-order valence-electron chi connectivity index (χ3n) is 1.91. The zero-order valence-electron chi connectivity index (χ0n) is 9.80. The molecule has 0 aromatic carbocycles. The molecule has 84 valence electrons. The molecule has 1 atom stereocenters. The van der Waals surface area contributed by atoms with Gasteiger partial charge in [0.25, 0.3) is 0 Å². The number of ether oxygens (including phenoxy) is 1. The minimum atomic E-state index is -0.386. The molecule has 0 saturated heterocycles. The molecule has 1 unspecified atom stereocenters. The summed E-state index contributed by atoms with van der Waals surface area (Å²) >= 11 is 0. The lowest BCUT2D eigenvalue weighted by molar-refractivity contribution is -0.155. The van der Waals surface area contributed by atoms with Gasteiger partial charge >= 0.3 is 5.97 Å². The van der Waals surface area contributed by atoms with Gasteiger partial charge in [0.1, 0.15) is 5.60 Å². The smallest absolute Gasteiger partial charge is 0.306 e. The Balaban J connectivity index is 3.91. The van der Waals surface area contributed by atoms with Gasteiger partial charge < -0.3 is 10.5 Å². The van der Waals surface area contributed by atoms with Crippen molar-refractivity contribution in [1.29, 1.82) is 0 Å².